The Balaban J connectivity index is 1.24. The van der Waals surface area contributed by atoms with E-state index < -0.39 is 5.92 Å². The molecule has 6 rings (SSSR count). The molecule has 1 fully saturated rings. The van der Waals surface area contributed by atoms with E-state index in [2.05, 4.69) is 25.8 Å². The Bertz CT molecular complexity index is 1610. The Morgan fingerprint density at radius 2 is 1.95 bits per heavy atom. The highest BCUT2D eigenvalue weighted by atomic mass is 19.3. The van der Waals surface area contributed by atoms with Crippen LogP contribution in [0.25, 0.3) is 27.9 Å². The molecule has 188 valence electrons. The van der Waals surface area contributed by atoms with E-state index in [1.54, 1.807) is 29.7 Å². The van der Waals surface area contributed by atoms with Gasteiger partial charge in [-0.15, -0.1) is 15.3 Å². The molecule has 1 amide bonds. The van der Waals surface area contributed by atoms with Crippen LogP contribution in [0.15, 0.2) is 70.7 Å². The second-order valence-electron chi connectivity index (χ2n) is 8.85. The zero-order valence-electron chi connectivity index (χ0n) is 19.7. The third-order valence-corrected chi connectivity index (χ3v) is 6.25. The molecule has 0 atom stereocenters. The number of nitrogens with zero attached hydrogens (tertiary/aromatic N) is 6. The van der Waals surface area contributed by atoms with Crippen LogP contribution < -0.4 is 10.1 Å². The number of carbonyl (C=O) groups excluding carboxylic acids is 1. The van der Waals surface area contributed by atoms with Gasteiger partial charge in [0.2, 0.25) is 11.7 Å². The maximum atomic E-state index is 13.4. The van der Waals surface area contributed by atoms with Gasteiger partial charge < -0.3 is 19.5 Å². The number of dihydropyridines is 1. The van der Waals surface area contributed by atoms with Gasteiger partial charge in [-0.05, 0) is 25.1 Å². The largest absolute Gasteiger partial charge is 0.443 e. The van der Waals surface area contributed by atoms with E-state index in [1.165, 1.54) is 17.4 Å². The summed E-state index contributed by atoms with van der Waals surface area (Å²) in [6, 6.07) is 9.27. The topological polar surface area (TPSA) is 111 Å². The van der Waals surface area contributed by atoms with Gasteiger partial charge in [-0.1, -0.05) is 23.4 Å². The zero-order valence-corrected chi connectivity index (χ0v) is 19.7. The molecule has 0 saturated carbocycles. The summed E-state index contributed by atoms with van der Waals surface area (Å²) in [6.07, 6.45) is 5.66. The van der Waals surface area contributed by atoms with Crippen LogP contribution in [0.3, 0.4) is 0 Å². The number of rotatable bonds is 4. The quantitative estimate of drug-likeness (QED) is 0.418. The van der Waals surface area contributed by atoms with Gasteiger partial charge in [0.25, 0.3) is 11.8 Å². The second kappa shape index (κ2) is 8.80. The molecule has 2 aliphatic rings. The molecular formula is C25H21F2N7O3. The van der Waals surface area contributed by atoms with E-state index in [0.29, 0.717) is 40.1 Å². The van der Waals surface area contributed by atoms with E-state index >= 15 is 0 Å². The highest BCUT2D eigenvalue weighted by molar-refractivity contribution is 5.97. The lowest BCUT2D eigenvalue weighted by molar-refractivity contribution is -0.132. The number of likely N-dealkylation sites (tertiary alicyclic amines) is 1. The van der Waals surface area contributed by atoms with Crippen LogP contribution in [0, 0.1) is 6.92 Å². The van der Waals surface area contributed by atoms with Gasteiger partial charge in [-0.25, -0.2) is 8.78 Å². The summed E-state index contributed by atoms with van der Waals surface area (Å²) >= 11 is 0. The van der Waals surface area contributed by atoms with Crippen molar-refractivity contribution < 1.29 is 22.8 Å². The van der Waals surface area contributed by atoms with Crippen molar-refractivity contribution >= 4 is 22.3 Å². The number of amides is 1. The number of aryl methyl sites for hydroxylation is 1. The van der Waals surface area contributed by atoms with Gasteiger partial charge in [0, 0.05) is 49.0 Å². The van der Waals surface area contributed by atoms with Gasteiger partial charge >= 0.3 is 0 Å². The van der Waals surface area contributed by atoms with Crippen molar-refractivity contribution in [2.45, 2.75) is 25.7 Å². The molecule has 3 aromatic heterocycles. The van der Waals surface area contributed by atoms with E-state index in [9.17, 15) is 13.6 Å². The minimum absolute atomic E-state index is 0.0308. The summed E-state index contributed by atoms with van der Waals surface area (Å²) in [5.74, 6) is -1.64. The van der Waals surface area contributed by atoms with Crippen LogP contribution >= 0.6 is 0 Å². The summed E-state index contributed by atoms with van der Waals surface area (Å²) in [4.78, 5) is 14.1. The lowest BCUT2D eigenvalue weighted by atomic mass is 10.1. The molecule has 0 radical (unpaired) electrons. The number of hydrogen-bond acceptors (Lipinski definition) is 8. The van der Waals surface area contributed by atoms with Gasteiger partial charge in [-0.3, -0.25) is 4.79 Å². The molecule has 4 aromatic rings. The molecule has 1 saturated heterocycles. The van der Waals surface area contributed by atoms with Crippen molar-refractivity contribution in [3.63, 3.8) is 0 Å². The number of alkyl halides is 2. The molecule has 2 aliphatic heterocycles. The number of hydrogen-bond donors (Lipinski definition) is 1. The maximum absolute atomic E-state index is 13.4. The lowest BCUT2D eigenvalue weighted by Crippen LogP contribution is -2.43. The Hall–Kier alpha value is -4.61. The molecular weight excluding hydrogens is 484 g/mol. The number of nitrogens with one attached hydrogen (secondary N) is 1. The standard InChI is InChI=1S/C25H21F2N7O3/c1-15-12-20(32-37-15)22-30-29-21-18-4-2-3-5-19(18)23(31-34(21)22)36-14-17-7-6-16(13-28-17)24(35)33-10-8-25(26,27)9-11-33/h2-7,12-14,28H,8-11H2,1H3. The average molecular weight is 505 g/mol. The molecule has 10 nitrogen and oxygen atoms in total. The number of halogens is 2. The smallest absolute Gasteiger partial charge is 0.255 e. The van der Waals surface area contributed by atoms with Crippen LogP contribution in [-0.4, -0.2) is 54.8 Å². The molecule has 5 heterocycles. The Kier molecular flexibility index (Phi) is 5.43. The zero-order chi connectivity index (χ0) is 25.6. The fourth-order valence-electron chi connectivity index (χ4n) is 4.25. The molecule has 0 unspecified atom stereocenters. The first-order valence-electron chi connectivity index (χ1n) is 11.6. The van der Waals surface area contributed by atoms with E-state index in [-0.39, 0.29) is 31.8 Å². The van der Waals surface area contributed by atoms with Gasteiger partial charge in [-0.2, -0.15) is 4.52 Å². The Labute approximate surface area is 208 Å². The highest BCUT2D eigenvalue weighted by Crippen LogP contribution is 2.30. The predicted octanol–water partition coefficient (Wildman–Crippen LogP) is 3.76. The van der Waals surface area contributed by atoms with Gasteiger partial charge in [0.1, 0.15) is 12.0 Å². The van der Waals surface area contributed by atoms with Crippen LogP contribution in [0.2, 0.25) is 0 Å². The molecule has 1 N–H and O–H groups in total. The predicted molar refractivity (Wildman–Crippen MR) is 128 cm³/mol. The third-order valence-electron chi connectivity index (χ3n) is 6.25. The first kappa shape index (κ1) is 22.8. The number of fused-ring (bicyclic) bond motifs is 3. The monoisotopic (exact) mass is 505 g/mol. The van der Waals surface area contributed by atoms with Gasteiger partial charge in [0.15, 0.2) is 11.3 Å². The fourth-order valence-corrected chi connectivity index (χ4v) is 4.25. The Morgan fingerprint density at radius 3 is 2.65 bits per heavy atom. The van der Waals surface area contributed by atoms with E-state index in [4.69, 9.17) is 9.26 Å². The SMILES string of the molecule is Cc1cc(-c2nnc3c4ccccc4c(OC=C4C=CC(C(=O)N5CCC(F)(F)CC5)=CN4)nn23)no1. The Morgan fingerprint density at radius 1 is 1.16 bits per heavy atom. The van der Waals surface area contributed by atoms with Crippen molar-refractivity contribution in [3.8, 4) is 17.4 Å². The second-order valence-corrected chi connectivity index (χ2v) is 8.85. The molecule has 12 heteroatoms. The first-order valence-corrected chi connectivity index (χ1v) is 11.6. The summed E-state index contributed by atoms with van der Waals surface area (Å²) < 4.78 is 39.5. The molecule has 37 heavy (non-hydrogen) atoms. The van der Waals surface area contributed by atoms with Crippen molar-refractivity contribution in [2.24, 2.45) is 0 Å². The van der Waals surface area contributed by atoms with Gasteiger partial charge in [0.05, 0.1) is 11.3 Å². The number of ether oxygens (including phenoxy) is 1. The number of piperidine rings is 1. The first-order chi connectivity index (χ1) is 17.9. The molecule has 0 bridgehead atoms. The normalized spacial score (nSPS) is 18.3. The van der Waals surface area contributed by atoms with Crippen molar-refractivity contribution in [2.75, 3.05) is 13.1 Å². The minimum Gasteiger partial charge on any atom is -0.443 e. The van der Waals surface area contributed by atoms with Crippen LogP contribution in [-0.2, 0) is 4.79 Å². The minimum atomic E-state index is -2.71. The van der Waals surface area contributed by atoms with Crippen molar-refractivity contribution in [3.05, 3.63) is 72.0 Å². The third kappa shape index (κ3) is 4.30. The summed E-state index contributed by atoms with van der Waals surface area (Å²) in [6.45, 7) is 1.85. The molecule has 0 spiro atoms. The number of allylic oxidation sites excluding steroid dienone is 1. The van der Waals surface area contributed by atoms with Crippen molar-refractivity contribution in [1.82, 2.24) is 35.2 Å². The van der Waals surface area contributed by atoms with E-state index in [0.717, 1.165) is 10.8 Å². The summed E-state index contributed by atoms with van der Waals surface area (Å²) in [7, 11) is 0. The number of benzene rings is 1. The van der Waals surface area contributed by atoms with Crippen molar-refractivity contribution in [1.29, 1.82) is 0 Å². The average Bonchev–Trinajstić information content (AvgIpc) is 3.53. The van der Waals surface area contributed by atoms with Crippen LogP contribution in [0.4, 0.5) is 8.78 Å². The summed E-state index contributed by atoms with van der Waals surface area (Å²) in [5.41, 5.74) is 1.99. The lowest BCUT2D eigenvalue weighted by Gasteiger charge is -2.32. The maximum Gasteiger partial charge on any atom is 0.255 e. The highest BCUT2D eigenvalue weighted by Gasteiger charge is 2.36. The summed E-state index contributed by atoms with van der Waals surface area (Å²) in [5, 5.41) is 21.7. The van der Waals surface area contributed by atoms with Crippen LogP contribution in [0.5, 0.6) is 5.88 Å². The molecule has 1 aromatic carbocycles. The fraction of sp³-hybridized carbons (Fsp3) is 0.240. The number of carbonyl (C=O) groups is 1. The van der Waals surface area contributed by atoms with Crippen LogP contribution in [0.1, 0.15) is 18.6 Å². The van der Waals surface area contributed by atoms with E-state index in [1.807, 2.05) is 24.3 Å². The molecule has 0 aliphatic carbocycles. The number of aromatic nitrogens is 5.